The van der Waals surface area contributed by atoms with Gasteiger partial charge in [0.1, 0.15) is 0 Å². The van der Waals surface area contributed by atoms with Gasteiger partial charge >= 0.3 is 0 Å². The maximum absolute atomic E-state index is 11.5. The van der Waals surface area contributed by atoms with E-state index in [4.69, 9.17) is 5.73 Å². The lowest BCUT2D eigenvalue weighted by Crippen LogP contribution is -2.45. The molecule has 4 heteroatoms. The second kappa shape index (κ2) is 6.08. The summed E-state index contributed by atoms with van der Waals surface area (Å²) in [7, 11) is 0. The van der Waals surface area contributed by atoms with Gasteiger partial charge in [-0.2, -0.15) is 0 Å². The van der Waals surface area contributed by atoms with Gasteiger partial charge in [0.25, 0.3) is 0 Å². The van der Waals surface area contributed by atoms with E-state index in [-0.39, 0.29) is 11.9 Å². The molecule has 0 aromatic rings. The van der Waals surface area contributed by atoms with Gasteiger partial charge in [0.2, 0.25) is 5.91 Å². The van der Waals surface area contributed by atoms with E-state index in [1.807, 2.05) is 13.8 Å². The van der Waals surface area contributed by atoms with Gasteiger partial charge < -0.3 is 11.1 Å². The van der Waals surface area contributed by atoms with Gasteiger partial charge in [0, 0.05) is 12.6 Å². The molecule has 0 spiro atoms. The molecule has 1 aliphatic heterocycles. The van der Waals surface area contributed by atoms with Crippen molar-refractivity contribution in [3.8, 4) is 0 Å². The maximum Gasteiger partial charge on any atom is 0.234 e. The van der Waals surface area contributed by atoms with Gasteiger partial charge in [-0.3, -0.25) is 9.69 Å². The zero-order valence-corrected chi connectivity index (χ0v) is 9.83. The van der Waals surface area contributed by atoms with Crippen LogP contribution in [0.25, 0.3) is 0 Å². The largest absolute Gasteiger partial charge is 0.353 e. The van der Waals surface area contributed by atoms with Crippen molar-refractivity contribution in [2.75, 3.05) is 26.2 Å². The molecule has 15 heavy (non-hydrogen) atoms. The molecular formula is C11H23N3O. The summed E-state index contributed by atoms with van der Waals surface area (Å²) in [6, 6.07) is 0.229. The summed E-state index contributed by atoms with van der Waals surface area (Å²) in [6.07, 6.45) is 2.37. The van der Waals surface area contributed by atoms with Crippen molar-refractivity contribution in [2.45, 2.75) is 32.7 Å². The van der Waals surface area contributed by atoms with Gasteiger partial charge in [-0.1, -0.05) is 0 Å². The third kappa shape index (κ3) is 4.62. The van der Waals surface area contributed by atoms with Crippen LogP contribution in [0.1, 0.15) is 26.7 Å². The molecule has 1 atom stereocenters. The van der Waals surface area contributed by atoms with Crippen LogP contribution in [0.2, 0.25) is 0 Å². The summed E-state index contributed by atoms with van der Waals surface area (Å²) < 4.78 is 0. The normalized spacial score (nSPS) is 23.1. The molecule has 1 aliphatic rings. The lowest BCUT2D eigenvalue weighted by Gasteiger charge is -2.31. The van der Waals surface area contributed by atoms with Crippen LogP contribution in [0.5, 0.6) is 0 Å². The third-order valence-electron chi connectivity index (χ3n) is 2.75. The molecule has 3 N–H and O–H groups in total. The fraction of sp³-hybridized carbons (Fsp3) is 0.909. The zero-order valence-electron chi connectivity index (χ0n) is 9.83. The molecule has 0 aromatic heterocycles. The Balaban J connectivity index is 2.28. The van der Waals surface area contributed by atoms with Crippen LogP contribution in [0.3, 0.4) is 0 Å². The first-order chi connectivity index (χ1) is 7.11. The van der Waals surface area contributed by atoms with E-state index in [0.717, 1.165) is 26.1 Å². The standard InChI is InChI=1S/C11H23N3O/c1-9(2)13-11(15)8-14-5-3-4-10(6-12)7-14/h9-10H,3-8,12H2,1-2H3,(H,13,15)/t10-/m1/s1. The highest BCUT2D eigenvalue weighted by molar-refractivity contribution is 5.78. The Morgan fingerprint density at radius 3 is 2.93 bits per heavy atom. The van der Waals surface area contributed by atoms with E-state index >= 15 is 0 Å². The maximum atomic E-state index is 11.5. The summed E-state index contributed by atoms with van der Waals surface area (Å²) in [5, 5.41) is 2.91. The number of likely N-dealkylation sites (tertiary alicyclic amines) is 1. The Bertz CT molecular complexity index is 206. The van der Waals surface area contributed by atoms with Crippen molar-refractivity contribution in [1.82, 2.24) is 10.2 Å². The highest BCUT2D eigenvalue weighted by Gasteiger charge is 2.20. The van der Waals surface area contributed by atoms with E-state index in [2.05, 4.69) is 10.2 Å². The second-order valence-electron chi connectivity index (χ2n) is 4.70. The number of nitrogens with one attached hydrogen (secondary N) is 1. The minimum Gasteiger partial charge on any atom is -0.353 e. The van der Waals surface area contributed by atoms with Crippen LogP contribution in [-0.2, 0) is 4.79 Å². The minimum absolute atomic E-state index is 0.127. The lowest BCUT2D eigenvalue weighted by atomic mass is 9.98. The SMILES string of the molecule is CC(C)NC(=O)CN1CCC[C@H](CN)C1. The van der Waals surface area contributed by atoms with Gasteiger partial charge in [0.05, 0.1) is 6.54 Å². The van der Waals surface area contributed by atoms with Crippen LogP contribution in [0, 0.1) is 5.92 Å². The van der Waals surface area contributed by atoms with E-state index in [0.29, 0.717) is 12.5 Å². The van der Waals surface area contributed by atoms with Crippen LogP contribution in [0.15, 0.2) is 0 Å². The van der Waals surface area contributed by atoms with Crippen molar-refractivity contribution in [3.05, 3.63) is 0 Å². The number of nitrogens with two attached hydrogens (primary N) is 1. The molecule has 0 radical (unpaired) electrons. The van der Waals surface area contributed by atoms with E-state index in [9.17, 15) is 4.79 Å². The fourth-order valence-electron chi connectivity index (χ4n) is 2.06. The smallest absolute Gasteiger partial charge is 0.234 e. The predicted molar refractivity (Wildman–Crippen MR) is 61.5 cm³/mol. The number of hydrogen-bond donors (Lipinski definition) is 2. The molecular weight excluding hydrogens is 190 g/mol. The molecule has 1 rings (SSSR count). The molecule has 1 fully saturated rings. The number of carbonyl (C=O) groups excluding carboxylic acids is 1. The van der Waals surface area contributed by atoms with Crippen LogP contribution >= 0.6 is 0 Å². The number of amides is 1. The molecule has 1 amide bonds. The van der Waals surface area contributed by atoms with Crippen molar-refractivity contribution >= 4 is 5.91 Å². The molecule has 0 aliphatic carbocycles. The summed E-state index contributed by atoms with van der Waals surface area (Å²) in [5.41, 5.74) is 5.65. The second-order valence-corrected chi connectivity index (χ2v) is 4.70. The molecule has 0 unspecified atom stereocenters. The molecule has 4 nitrogen and oxygen atoms in total. The lowest BCUT2D eigenvalue weighted by molar-refractivity contribution is -0.123. The van der Waals surface area contributed by atoms with Gasteiger partial charge in [-0.15, -0.1) is 0 Å². The first kappa shape index (κ1) is 12.5. The van der Waals surface area contributed by atoms with Crippen LogP contribution in [-0.4, -0.2) is 43.0 Å². The number of rotatable bonds is 4. The van der Waals surface area contributed by atoms with E-state index < -0.39 is 0 Å². The van der Waals surface area contributed by atoms with Crippen molar-refractivity contribution in [3.63, 3.8) is 0 Å². The van der Waals surface area contributed by atoms with Crippen molar-refractivity contribution in [1.29, 1.82) is 0 Å². The zero-order chi connectivity index (χ0) is 11.3. The number of piperidine rings is 1. The summed E-state index contributed by atoms with van der Waals surface area (Å²) in [5.74, 6) is 0.702. The Labute approximate surface area is 92.2 Å². The summed E-state index contributed by atoms with van der Waals surface area (Å²) >= 11 is 0. The molecule has 0 saturated carbocycles. The number of carbonyl (C=O) groups is 1. The average Bonchev–Trinajstić information content (AvgIpc) is 2.16. The first-order valence-corrected chi connectivity index (χ1v) is 5.83. The Hall–Kier alpha value is -0.610. The van der Waals surface area contributed by atoms with Crippen molar-refractivity contribution in [2.24, 2.45) is 11.7 Å². The minimum atomic E-state index is 0.127. The molecule has 1 heterocycles. The van der Waals surface area contributed by atoms with Gasteiger partial charge in [-0.25, -0.2) is 0 Å². The van der Waals surface area contributed by atoms with Crippen LogP contribution < -0.4 is 11.1 Å². The molecule has 0 bridgehead atoms. The summed E-state index contributed by atoms with van der Waals surface area (Å²) in [4.78, 5) is 13.7. The Morgan fingerprint density at radius 2 is 2.33 bits per heavy atom. The van der Waals surface area contributed by atoms with Crippen molar-refractivity contribution < 1.29 is 4.79 Å². The van der Waals surface area contributed by atoms with Gasteiger partial charge in [-0.05, 0) is 45.7 Å². The highest BCUT2D eigenvalue weighted by Crippen LogP contribution is 2.14. The quantitative estimate of drug-likeness (QED) is 0.700. The number of hydrogen-bond acceptors (Lipinski definition) is 3. The predicted octanol–water partition coefficient (Wildman–Crippen LogP) is 0.182. The molecule has 0 aromatic carbocycles. The fourth-order valence-corrected chi connectivity index (χ4v) is 2.06. The summed E-state index contributed by atoms with van der Waals surface area (Å²) in [6.45, 7) is 7.23. The highest BCUT2D eigenvalue weighted by atomic mass is 16.2. The number of nitrogens with zero attached hydrogens (tertiary/aromatic N) is 1. The molecule has 88 valence electrons. The Kier molecular flexibility index (Phi) is 5.05. The monoisotopic (exact) mass is 213 g/mol. The van der Waals surface area contributed by atoms with Gasteiger partial charge in [0.15, 0.2) is 0 Å². The first-order valence-electron chi connectivity index (χ1n) is 5.83. The van der Waals surface area contributed by atoms with Crippen LogP contribution in [0.4, 0.5) is 0 Å². The molecule has 1 saturated heterocycles. The third-order valence-corrected chi connectivity index (χ3v) is 2.75. The topological polar surface area (TPSA) is 58.4 Å². The van der Waals surface area contributed by atoms with E-state index in [1.165, 1.54) is 6.42 Å². The Morgan fingerprint density at radius 1 is 1.60 bits per heavy atom. The van der Waals surface area contributed by atoms with E-state index in [1.54, 1.807) is 0 Å². The average molecular weight is 213 g/mol.